The number of aromatic amines is 1. The molecule has 4 rings (SSSR count). The molecule has 0 atom stereocenters. The Kier molecular flexibility index (Phi) is 4.44. The van der Waals surface area contributed by atoms with Crippen LogP contribution in [0.3, 0.4) is 0 Å². The molecule has 136 valence electrons. The SMILES string of the molecule is NC(=O)c1nc(-c2ccnc(NC(=O)C3CC3)c2)c(C2CCCCC2)[nH]1. The lowest BCUT2D eigenvalue weighted by atomic mass is 9.85. The molecule has 4 N–H and O–H groups in total. The van der Waals surface area contributed by atoms with E-state index in [2.05, 4.69) is 20.3 Å². The number of anilines is 1. The summed E-state index contributed by atoms with van der Waals surface area (Å²) in [4.78, 5) is 35.5. The summed E-state index contributed by atoms with van der Waals surface area (Å²) < 4.78 is 0. The van der Waals surface area contributed by atoms with E-state index >= 15 is 0 Å². The van der Waals surface area contributed by atoms with Crippen molar-refractivity contribution < 1.29 is 9.59 Å². The highest BCUT2D eigenvalue weighted by Gasteiger charge is 2.30. The van der Waals surface area contributed by atoms with Crippen LogP contribution >= 0.6 is 0 Å². The quantitative estimate of drug-likeness (QED) is 0.766. The Labute approximate surface area is 151 Å². The van der Waals surface area contributed by atoms with Crippen molar-refractivity contribution in [2.24, 2.45) is 11.7 Å². The maximum absolute atomic E-state index is 12.0. The van der Waals surface area contributed by atoms with E-state index in [0.29, 0.717) is 11.7 Å². The number of imidazole rings is 1. The lowest BCUT2D eigenvalue weighted by molar-refractivity contribution is -0.117. The highest BCUT2D eigenvalue weighted by molar-refractivity contribution is 5.94. The third-order valence-corrected chi connectivity index (χ3v) is 5.21. The van der Waals surface area contributed by atoms with Crippen LogP contribution in [0.2, 0.25) is 0 Å². The van der Waals surface area contributed by atoms with Gasteiger partial charge in [-0.25, -0.2) is 9.97 Å². The minimum Gasteiger partial charge on any atom is -0.363 e. The molecule has 0 aromatic carbocycles. The first-order valence-corrected chi connectivity index (χ1v) is 9.29. The van der Waals surface area contributed by atoms with Crippen molar-refractivity contribution >= 4 is 17.6 Å². The highest BCUT2D eigenvalue weighted by Crippen LogP contribution is 2.37. The third-order valence-electron chi connectivity index (χ3n) is 5.21. The van der Waals surface area contributed by atoms with Gasteiger partial charge < -0.3 is 16.0 Å². The van der Waals surface area contributed by atoms with Crippen molar-refractivity contribution in [2.45, 2.75) is 50.9 Å². The molecule has 2 fully saturated rings. The molecule has 2 aliphatic rings. The minimum absolute atomic E-state index is 0.0157. The van der Waals surface area contributed by atoms with Gasteiger partial charge in [0.25, 0.3) is 5.91 Å². The van der Waals surface area contributed by atoms with Crippen LogP contribution in [0.25, 0.3) is 11.3 Å². The van der Waals surface area contributed by atoms with Gasteiger partial charge in [0, 0.05) is 29.3 Å². The van der Waals surface area contributed by atoms with Gasteiger partial charge in [0.15, 0.2) is 5.82 Å². The Hall–Kier alpha value is -2.70. The lowest BCUT2D eigenvalue weighted by Crippen LogP contribution is -2.14. The Morgan fingerprint density at radius 3 is 2.62 bits per heavy atom. The summed E-state index contributed by atoms with van der Waals surface area (Å²) in [5.74, 6) is 0.604. The van der Waals surface area contributed by atoms with Gasteiger partial charge in [-0.2, -0.15) is 0 Å². The van der Waals surface area contributed by atoms with Crippen LogP contribution in [0.1, 0.15) is 67.2 Å². The Morgan fingerprint density at radius 2 is 1.92 bits per heavy atom. The molecule has 0 aliphatic heterocycles. The summed E-state index contributed by atoms with van der Waals surface area (Å²) in [5.41, 5.74) is 7.96. The minimum atomic E-state index is -0.565. The zero-order valence-corrected chi connectivity index (χ0v) is 14.6. The molecule has 7 nitrogen and oxygen atoms in total. The second-order valence-corrected chi connectivity index (χ2v) is 7.24. The number of hydrogen-bond donors (Lipinski definition) is 3. The molecule has 2 aromatic rings. The summed E-state index contributed by atoms with van der Waals surface area (Å²) >= 11 is 0. The van der Waals surface area contributed by atoms with E-state index < -0.39 is 5.91 Å². The molecule has 0 saturated heterocycles. The molecule has 0 bridgehead atoms. The third kappa shape index (κ3) is 3.47. The van der Waals surface area contributed by atoms with Gasteiger partial charge in [-0.15, -0.1) is 0 Å². The maximum Gasteiger partial charge on any atom is 0.284 e. The predicted octanol–water partition coefficient (Wildman–Crippen LogP) is 2.97. The zero-order chi connectivity index (χ0) is 18.1. The molecular weight excluding hydrogens is 330 g/mol. The molecule has 2 saturated carbocycles. The fraction of sp³-hybridized carbons (Fsp3) is 0.474. The number of primary amides is 1. The van der Waals surface area contributed by atoms with Gasteiger partial charge >= 0.3 is 0 Å². The van der Waals surface area contributed by atoms with Crippen molar-refractivity contribution in [3.8, 4) is 11.3 Å². The standard InChI is InChI=1S/C19H23N5O2/c20-17(25)18-23-15(11-4-2-1-3-5-11)16(24-18)13-8-9-21-14(10-13)22-19(26)12-6-7-12/h8-12H,1-7H2,(H2,20,25)(H,23,24)(H,21,22,26). The molecule has 2 amide bonds. The molecule has 2 aliphatic carbocycles. The normalized spacial score (nSPS) is 17.8. The number of hydrogen-bond acceptors (Lipinski definition) is 4. The molecule has 26 heavy (non-hydrogen) atoms. The van der Waals surface area contributed by atoms with Crippen LogP contribution in [0.5, 0.6) is 0 Å². The Balaban J connectivity index is 1.67. The number of rotatable bonds is 5. The lowest BCUT2D eigenvalue weighted by Gasteiger charge is -2.21. The first-order chi connectivity index (χ1) is 12.6. The first kappa shape index (κ1) is 16.8. The zero-order valence-electron chi connectivity index (χ0n) is 14.6. The van der Waals surface area contributed by atoms with E-state index in [-0.39, 0.29) is 17.6 Å². The summed E-state index contributed by atoms with van der Waals surface area (Å²) in [6.45, 7) is 0. The number of H-pyrrole nitrogens is 1. The van der Waals surface area contributed by atoms with Crippen LogP contribution < -0.4 is 11.1 Å². The molecule has 2 aromatic heterocycles. The van der Waals surface area contributed by atoms with Crippen LogP contribution in [0.4, 0.5) is 5.82 Å². The topological polar surface area (TPSA) is 114 Å². The van der Waals surface area contributed by atoms with E-state index in [1.807, 2.05) is 12.1 Å². The number of nitrogens with two attached hydrogens (primary N) is 1. The van der Waals surface area contributed by atoms with Gasteiger partial charge in [0.1, 0.15) is 5.82 Å². The van der Waals surface area contributed by atoms with E-state index in [0.717, 1.165) is 42.6 Å². The Bertz CT molecular complexity index is 834. The summed E-state index contributed by atoms with van der Waals surface area (Å²) in [6, 6.07) is 3.66. The van der Waals surface area contributed by atoms with Crippen molar-refractivity contribution in [2.75, 3.05) is 5.32 Å². The number of amides is 2. The van der Waals surface area contributed by atoms with Crippen molar-refractivity contribution in [1.82, 2.24) is 15.0 Å². The number of aromatic nitrogens is 3. The Morgan fingerprint density at radius 1 is 1.15 bits per heavy atom. The van der Waals surface area contributed by atoms with Gasteiger partial charge in [-0.05, 0) is 37.8 Å². The molecule has 0 radical (unpaired) electrons. The molecule has 2 heterocycles. The number of nitrogens with zero attached hydrogens (tertiary/aromatic N) is 2. The van der Waals surface area contributed by atoms with Gasteiger partial charge in [0.2, 0.25) is 5.91 Å². The largest absolute Gasteiger partial charge is 0.363 e. The van der Waals surface area contributed by atoms with Crippen LogP contribution in [-0.4, -0.2) is 26.8 Å². The van der Waals surface area contributed by atoms with Gasteiger partial charge in [-0.1, -0.05) is 19.3 Å². The number of carbonyl (C=O) groups is 2. The van der Waals surface area contributed by atoms with Crippen LogP contribution in [0, 0.1) is 5.92 Å². The highest BCUT2D eigenvalue weighted by atomic mass is 16.2. The summed E-state index contributed by atoms with van der Waals surface area (Å²) in [7, 11) is 0. The molecule has 0 unspecified atom stereocenters. The van der Waals surface area contributed by atoms with Crippen molar-refractivity contribution in [1.29, 1.82) is 0 Å². The van der Waals surface area contributed by atoms with Crippen molar-refractivity contribution in [3.63, 3.8) is 0 Å². The second-order valence-electron chi connectivity index (χ2n) is 7.24. The monoisotopic (exact) mass is 353 g/mol. The summed E-state index contributed by atoms with van der Waals surface area (Å²) in [6.07, 6.45) is 9.28. The fourth-order valence-electron chi connectivity index (χ4n) is 3.63. The van der Waals surface area contributed by atoms with E-state index in [4.69, 9.17) is 5.73 Å². The molecule has 0 spiro atoms. The number of nitrogens with one attached hydrogen (secondary N) is 2. The fourth-order valence-corrected chi connectivity index (χ4v) is 3.63. The molecular formula is C19H23N5O2. The van der Waals surface area contributed by atoms with E-state index in [9.17, 15) is 9.59 Å². The van der Waals surface area contributed by atoms with Crippen LogP contribution in [-0.2, 0) is 4.79 Å². The number of pyridine rings is 1. The average Bonchev–Trinajstić information content (AvgIpc) is 3.41. The smallest absolute Gasteiger partial charge is 0.284 e. The average molecular weight is 353 g/mol. The maximum atomic E-state index is 12.0. The van der Waals surface area contributed by atoms with Gasteiger partial charge in [0.05, 0.1) is 5.69 Å². The number of carbonyl (C=O) groups excluding carboxylic acids is 2. The summed E-state index contributed by atoms with van der Waals surface area (Å²) in [5, 5.41) is 2.86. The molecule has 7 heteroatoms. The van der Waals surface area contributed by atoms with Gasteiger partial charge in [-0.3, -0.25) is 9.59 Å². The van der Waals surface area contributed by atoms with Crippen molar-refractivity contribution in [3.05, 3.63) is 29.8 Å². The van der Waals surface area contributed by atoms with Crippen LogP contribution in [0.15, 0.2) is 18.3 Å². The van der Waals surface area contributed by atoms with E-state index in [1.54, 1.807) is 6.20 Å². The first-order valence-electron chi connectivity index (χ1n) is 9.29. The predicted molar refractivity (Wildman–Crippen MR) is 97.5 cm³/mol. The van der Waals surface area contributed by atoms with E-state index in [1.165, 1.54) is 19.3 Å². The second kappa shape index (κ2) is 6.90.